The Morgan fingerprint density at radius 3 is 2.46 bits per heavy atom. The number of rotatable bonds is 10. The number of hydrogen-bond donors (Lipinski definition) is 2. The summed E-state index contributed by atoms with van der Waals surface area (Å²) < 4.78 is 16.3. The van der Waals surface area contributed by atoms with Crippen LogP contribution >= 0.6 is 12.4 Å². The minimum Gasteiger partial charge on any atom is -0.493 e. The third-order valence-corrected chi connectivity index (χ3v) is 3.96. The smallest absolute Gasteiger partial charge is 0.160 e. The van der Waals surface area contributed by atoms with E-state index in [-0.39, 0.29) is 25.1 Å². The number of aliphatic hydroxyl groups is 1. The Labute approximate surface area is 161 Å². The van der Waals surface area contributed by atoms with Gasteiger partial charge >= 0.3 is 0 Å². The van der Waals surface area contributed by atoms with Crippen LogP contribution in [0, 0.1) is 6.92 Å². The third kappa shape index (κ3) is 6.75. The van der Waals surface area contributed by atoms with Crippen LogP contribution in [-0.2, 0) is 6.42 Å². The highest BCUT2D eigenvalue weighted by molar-refractivity contribution is 5.85. The largest absolute Gasteiger partial charge is 0.493 e. The van der Waals surface area contributed by atoms with Crippen LogP contribution in [0.5, 0.6) is 17.2 Å². The van der Waals surface area contributed by atoms with Gasteiger partial charge in [0.1, 0.15) is 12.4 Å². The van der Waals surface area contributed by atoms with Crippen molar-refractivity contribution in [2.45, 2.75) is 19.4 Å². The monoisotopic (exact) mass is 381 g/mol. The average Bonchev–Trinajstić information content (AvgIpc) is 2.64. The van der Waals surface area contributed by atoms with Gasteiger partial charge in [0.15, 0.2) is 11.5 Å². The molecule has 2 rings (SSSR count). The fourth-order valence-electron chi connectivity index (χ4n) is 2.53. The number of aliphatic hydroxyl groups excluding tert-OH is 1. The second kappa shape index (κ2) is 11.6. The molecule has 2 N–H and O–H groups in total. The van der Waals surface area contributed by atoms with Crippen molar-refractivity contribution < 1.29 is 19.3 Å². The van der Waals surface area contributed by atoms with Crippen molar-refractivity contribution in [2.75, 3.05) is 34.0 Å². The van der Waals surface area contributed by atoms with Crippen LogP contribution in [0.2, 0.25) is 0 Å². The SMILES string of the molecule is COc1ccc(CCNC(CO)COc2cccc(C)c2)cc1OC.Cl. The molecule has 2 aromatic rings. The predicted octanol–water partition coefficient (Wildman–Crippen LogP) is 3.01. The lowest BCUT2D eigenvalue weighted by atomic mass is 10.1. The first-order valence-electron chi connectivity index (χ1n) is 8.41. The van der Waals surface area contributed by atoms with E-state index < -0.39 is 0 Å². The quantitative estimate of drug-likeness (QED) is 0.662. The first-order chi connectivity index (χ1) is 12.2. The topological polar surface area (TPSA) is 60.0 Å². The maximum absolute atomic E-state index is 9.53. The average molecular weight is 382 g/mol. The highest BCUT2D eigenvalue weighted by Crippen LogP contribution is 2.27. The van der Waals surface area contributed by atoms with Gasteiger partial charge in [-0.2, -0.15) is 0 Å². The first kappa shape index (κ1) is 22.1. The zero-order chi connectivity index (χ0) is 18.1. The lowest BCUT2D eigenvalue weighted by Gasteiger charge is -2.17. The number of halogens is 1. The summed E-state index contributed by atoms with van der Waals surface area (Å²) in [4.78, 5) is 0. The standard InChI is InChI=1S/C20H27NO4.ClH/c1-15-5-4-6-18(11-15)25-14-17(13-22)21-10-9-16-7-8-19(23-2)20(12-16)24-3;/h4-8,11-12,17,21-22H,9-10,13-14H2,1-3H3;1H. The Bertz CT molecular complexity index is 666. The summed E-state index contributed by atoms with van der Waals surface area (Å²) in [6.07, 6.45) is 0.821. The molecule has 2 aromatic carbocycles. The number of methoxy groups -OCH3 is 2. The highest BCUT2D eigenvalue weighted by atomic mass is 35.5. The minimum absolute atomic E-state index is 0. The van der Waals surface area contributed by atoms with Gasteiger partial charge in [-0.1, -0.05) is 18.2 Å². The summed E-state index contributed by atoms with van der Waals surface area (Å²) in [7, 11) is 3.25. The molecule has 0 radical (unpaired) electrons. The van der Waals surface area contributed by atoms with Gasteiger partial charge in [-0.15, -0.1) is 12.4 Å². The van der Waals surface area contributed by atoms with Crippen LogP contribution in [0.4, 0.5) is 0 Å². The molecule has 0 heterocycles. The zero-order valence-corrected chi connectivity index (χ0v) is 16.3. The van der Waals surface area contributed by atoms with Crippen molar-refractivity contribution in [2.24, 2.45) is 0 Å². The van der Waals surface area contributed by atoms with Crippen molar-refractivity contribution >= 4 is 12.4 Å². The molecule has 0 saturated heterocycles. The summed E-state index contributed by atoms with van der Waals surface area (Å²) in [6.45, 7) is 3.21. The van der Waals surface area contributed by atoms with Gasteiger partial charge in [0.25, 0.3) is 0 Å². The molecule has 0 aromatic heterocycles. The Morgan fingerprint density at radius 1 is 1.04 bits per heavy atom. The third-order valence-electron chi connectivity index (χ3n) is 3.96. The molecule has 0 fully saturated rings. The molecule has 0 saturated carbocycles. The molecule has 26 heavy (non-hydrogen) atoms. The molecule has 0 aliphatic heterocycles. The maximum atomic E-state index is 9.53. The molecule has 144 valence electrons. The molecule has 0 amide bonds. The van der Waals surface area contributed by atoms with Crippen molar-refractivity contribution in [3.8, 4) is 17.2 Å². The van der Waals surface area contributed by atoms with Crippen molar-refractivity contribution in [1.29, 1.82) is 0 Å². The van der Waals surface area contributed by atoms with Crippen molar-refractivity contribution in [3.05, 3.63) is 53.6 Å². The molecule has 1 atom stereocenters. The van der Waals surface area contributed by atoms with Gasteiger partial charge in [-0.25, -0.2) is 0 Å². The number of nitrogens with one attached hydrogen (secondary N) is 1. The number of aryl methyl sites for hydroxylation is 1. The fraction of sp³-hybridized carbons (Fsp3) is 0.400. The second-order valence-electron chi connectivity index (χ2n) is 5.90. The summed E-state index contributed by atoms with van der Waals surface area (Å²) in [6, 6.07) is 13.7. The highest BCUT2D eigenvalue weighted by Gasteiger charge is 2.09. The van der Waals surface area contributed by atoms with Crippen LogP contribution < -0.4 is 19.5 Å². The Balaban J connectivity index is 0.00000338. The molecule has 0 aliphatic carbocycles. The number of hydrogen-bond acceptors (Lipinski definition) is 5. The van der Waals surface area contributed by atoms with Gasteiger partial charge < -0.3 is 24.6 Å². The Hall–Kier alpha value is -1.95. The molecule has 5 nitrogen and oxygen atoms in total. The molecule has 0 aliphatic rings. The van der Waals surface area contributed by atoms with Gasteiger partial charge in [0, 0.05) is 0 Å². The van der Waals surface area contributed by atoms with Crippen LogP contribution in [0.1, 0.15) is 11.1 Å². The van der Waals surface area contributed by atoms with E-state index in [4.69, 9.17) is 14.2 Å². The van der Waals surface area contributed by atoms with Crippen molar-refractivity contribution in [1.82, 2.24) is 5.32 Å². The molecular formula is C20H28ClNO4. The molecule has 0 spiro atoms. The van der Waals surface area contributed by atoms with Crippen LogP contribution in [0.25, 0.3) is 0 Å². The van der Waals surface area contributed by atoms with E-state index in [1.54, 1.807) is 14.2 Å². The van der Waals surface area contributed by atoms with E-state index in [9.17, 15) is 5.11 Å². The normalized spacial score (nSPS) is 11.4. The van der Waals surface area contributed by atoms with Crippen LogP contribution in [-0.4, -0.2) is 45.1 Å². The lowest BCUT2D eigenvalue weighted by Crippen LogP contribution is -2.38. The number of ether oxygens (including phenoxy) is 3. The summed E-state index contributed by atoms with van der Waals surface area (Å²) in [5.41, 5.74) is 2.29. The Kier molecular flexibility index (Phi) is 9.88. The molecule has 1 unspecified atom stereocenters. The van der Waals surface area contributed by atoms with E-state index in [1.807, 2.05) is 49.4 Å². The van der Waals surface area contributed by atoms with E-state index in [0.717, 1.165) is 41.3 Å². The zero-order valence-electron chi connectivity index (χ0n) is 15.5. The minimum atomic E-state index is -0.111. The van der Waals surface area contributed by atoms with E-state index >= 15 is 0 Å². The van der Waals surface area contributed by atoms with Crippen LogP contribution in [0.15, 0.2) is 42.5 Å². The van der Waals surface area contributed by atoms with E-state index in [2.05, 4.69) is 5.32 Å². The van der Waals surface area contributed by atoms with Gasteiger partial charge in [0.2, 0.25) is 0 Å². The van der Waals surface area contributed by atoms with Gasteiger partial charge in [-0.3, -0.25) is 0 Å². The summed E-state index contributed by atoms with van der Waals surface area (Å²) in [5, 5.41) is 12.8. The summed E-state index contributed by atoms with van der Waals surface area (Å²) >= 11 is 0. The predicted molar refractivity (Wildman–Crippen MR) is 106 cm³/mol. The van der Waals surface area contributed by atoms with Crippen LogP contribution in [0.3, 0.4) is 0 Å². The fourth-order valence-corrected chi connectivity index (χ4v) is 2.53. The molecule has 0 bridgehead atoms. The van der Waals surface area contributed by atoms with Gasteiger partial charge in [0.05, 0.1) is 26.9 Å². The van der Waals surface area contributed by atoms with E-state index in [1.165, 1.54) is 0 Å². The first-order valence-corrected chi connectivity index (χ1v) is 8.41. The molecular weight excluding hydrogens is 354 g/mol. The lowest BCUT2D eigenvalue weighted by molar-refractivity contribution is 0.183. The summed E-state index contributed by atoms with van der Waals surface area (Å²) in [5.74, 6) is 2.26. The second-order valence-corrected chi connectivity index (χ2v) is 5.90. The number of benzene rings is 2. The molecule has 6 heteroatoms. The van der Waals surface area contributed by atoms with Gasteiger partial charge in [-0.05, 0) is 55.3 Å². The maximum Gasteiger partial charge on any atom is 0.160 e. The van der Waals surface area contributed by atoms with E-state index in [0.29, 0.717) is 6.61 Å². The van der Waals surface area contributed by atoms with Crippen molar-refractivity contribution in [3.63, 3.8) is 0 Å². The Morgan fingerprint density at radius 2 is 1.81 bits per heavy atom.